The maximum atomic E-state index is 13.5. The predicted molar refractivity (Wildman–Crippen MR) is 159 cm³/mol. The van der Waals surface area contributed by atoms with Gasteiger partial charge in [0.25, 0.3) is 17.4 Å². The van der Waals surface area contributed by atoms with Gasteiger partial charge in [-0.15, -0.1) is 11.3 Å². The first-order valence-electron chi connectivity index (χ1n) is 14.0. The number of carbonyl (C=O) groups excluding carboxylic acids is 4. The molecule has 11 nitrogen and oxygen atoms in total. The molecule has 12 heteroatoms. The molecule has 0 unspecified atom stereocenters. The molecule has 3 atom stereocenters. The predicted octanol–water partition coefficient (Wildman–Crippen LogP) is 2.09. The van der Waals surface area contributed by atoms with Gasteiger partial charge in [-0.2, -0.15) is 0 Å². The Morgan fingerprint density at radius 3 is 2.55 bits per heavy atom. The molecule has 222 valence electrons. The highest BCUT2D eigenvalue weighted by Gasteiger charge is 2.29. The second-order valence-corrected chi connectivity index (χ2v) is 11.6. The monoisotopic (exact) mass is 592 g/mol. The molecule has 0 fully saturated rings. The third-order valence-corrected chi connectivity index (χ3v) is 8.02. The number of thiazole rings is 1. The fourth-order valence-electron chi connectivity index (χ4n) is 4.60. The van der Waals surface area contributed by atoms with E-state index < -0.39 is 35.8 Å². The second kappa shape index (κ2) is 14.0. The Kier molecular flexibility index (Phi) is 10.2. The highest BCUT2D eigenvalue weighted by Crippen LogP contribution is 2.26. The summed E-state index contributed by atoms with van der Waals surface area (Å²) < 4.78 is 1.35. The average Bonchev–Trinajstić information content (AvgIpc) is 3.46. The summed E-state index contributed by atoms with van der Waals surface area (Å²) in [5.74, 6) is -1.79. The van der Waals surface area contributed by atoms with Crippen LogP contribution < -0.4 is 26.8 Å². The number of benzene rings is 1. The van der Waals surface area contributed by atoms with Crippen LogP contribution in [0.1, 0.15) is 70.6 Å². The number of nitrogens with one attached hydrogen (secondary N) is 4. The van der Waals surface area contributed by atoms with E-state index in [1.54, 1.807) is 12.4 Å². The smallest absolute Gasteiger partial charge is 0.271 e. The van der Waals surface area contributed by atoms with Crippen LogP contribution in [0, 0.1) is 5.92 Å². The van der Waals surface area contributed by atoms with Gasteiger partial charge in [-0.25, -0.2) is 4.98 Å². The number of fused-ring (bicyclic) bond motifs is 2. The first-order chi connectivity index (χ1) is 20.1. The minimum Gasteiger partial charge on any atom is -0.354 e. The molecule has 2 bridgehead atoms. The Hall–Kier alpha value is -4.32. The molecule has 4 N–H and O–H groups in total. The Bertz CT molecular complexity index is 1480. The van der Waals surface area contributed by atoms with Crippen molar-refractivity contribution >= 4 is 35.0 Å². The van der Waals surface area contributed by atoms with Crippen molar-refractivity contribution in [3.8, 4) is 0 Å². The van der Waals surface area contributed by atoms with Gasteiger partial charge in [0, 0.05) is 43.2 Å². The molecule has 0 spiro atoms. The summed E-state index contributed by atoms with van der Waals surface area (Å²) in [6, 6.07) is 9.99. The molecule has 3 aromatic rings. The molecule has 3 heterocycles. The Labute approximate surface area is 248 Å². The van der Waals surface area contributed by atoms with E-state index in [0.717, 1.165) is 5.56 Å². The lowest BCUT2D eigenvalue weighted by molar-refractivity contribution is -0.124. The Balaban J connectivity index is 1.58. The number of hydrogen-bond donors (Lipinski definition) is 4. The molecule has 0 saturated heterocycles. The van der Waals surface area contributed by atoms with Gasteiger partial charge >= 0.3 is 0 Å². The summed E-state index contributed by atoms with van der Waals surface area (Å²) in [7, 11) is 1.59. The molecule has 0 saturated carbocycles. The van der Waals surface area contributed by atoms with E-state index in [4.69, 9.17) is 0 Å². The summed E-state index contributed by atoms with van der Waals surface area (Å²) in [5.41, 5.74) is 0.882. The highest BCUT2D eigenvalue weighted by atomic mass is 32.1. The molecule has 0 aliphatic carbocycles. The van der Waals surface area contributed by atoms with Crippen molar-refractivity contribution < 1.29 is 19.2 Å². The molecule has 42 heavy (non-hydrogen) atoms. The van der Waals surface area contributed by atoms with Crippen molar-refractivity contribution in [2.75, 3.05) is 6.54 Å². The van der Waals surface area contributed by atoms with E-state index in [2.05, 4.69) is 26.3 Å². The zero-order chi connectivity index (χ0) is 30.2. The molecular weight excluding hydrogens is 556 g/mol. The summed E-state index contributed by atoms with van der Waals surface area (Å²) in [5, 5.41) is 13.7. The van der Waals surface area contributed by atoms with Crippen LogP contribution in [-0.2, 0) is 23.1 Å². The Morgan fingerprint density at radius 2 is 1.83 bits per heavy atom. The second-order valence-electron chi connectivity index (χ2n) is 10.7. The minimum absolute atomic E-state index is 0.0694. The summed E-state index contributed by atoms with van der Waals surface area (Å²) in [6.45, 7) is 4.18. The summed E-state index contributed by atoms with van der Waals surface area (Å²) >= 11 is 1.24. The SMILES string of the molecule is CC(C)[C@H]1NC(=O)[C@@H](NC(=O)c2ccn(C)c(=O)c2)CCCCNC(=O)[C@@H](Cc2ccccc2)NC(=O)c2csc1n2. The van der Waals surface area contributed by atoms with Crippen LogP contribution >= 0.6 is 11.3 Å². The number of hydrogen-bond acceptors (Lipinski definition) is 7. The number of amides is 4. The largest absolute Gasteiger partial charge is 0.354 e. The molecule has 1 aliphatic rings. The van der Waals surface area contributed by atoms with Gasteiger partial charge < -0.3 is 25.8 Å². The van der Waals surface area contributed by atoms with Crippen LogP contribution in [0.25, 0.3) is 0 Å². The van der Waals surface area contributed by atoms with Gasteiger partial charge in [0.15, 0.2) is 0 Å². The van der Waals surface area contributed by atoms with Gasteiger partial charge in [-0.3, -0.25) is 24.0 Å². The van der Waals surface area contributed by atoms with E-state index in [1.165, 1.54) is 34.2 Å². The zero-order valence-electron chi connectivity index (χ0n) is 23.9. The quantitative estimate of drug-likeness (QED) is 0.356. The lowest BCUT2D eigenvalue weighted by Crippen LogP contribution is -2.49. The average molecular weight is 593 g/mol. The van der Waals surface area contributed by atoms with Crippen LogP contribution in [0.5, 0.6) is 0 Å². The third kappa shape index (κ3) is 7.90. The van der Waals surface area contributed by atoms with Crippen molar-refractivity contribution in [1.82, 2.24) is 30.8 Å². The normalized spacial score (nSPS) is 20.4. The molecule has 4 rings (SSSR count). The van der Waals surface area contributed by atoms with Gasteiger partial charge in [0.2, 0.25) is 11.8 Å². The molecule has 1 aliphatic heterocycles. The fourth-order valence-corrected chi connectivity index (χ4v) is 5.62. The molecule has 1 aromatic carbocycles. The van der Waals surface area contributed by atoms with Gasteiger partial charge in [-0.05, 0) is 36.8 Å². The van der Waals surface area contributed by atoms with E-state index in [-0.39, 0.29) is 28.6 Å². The first kappa shape index (κ1) is 30.6. The molecule has 2 aromatic heterocycles. The topological polar surface area (TPSA) is 151 Å². The van der Waals surface area contributed by atoms with Crippen LogP contribution in [0.2, 0.25) is 0 Å². The number of aromatic nitrogens is 2. The van der Waals surface area contributed by atoms with E-state index in [9.17, 15) is 24.0 Å². The maximum absolute atomic E-state index is 13.5. The van der Waals surface area contributed by atoms with E-state index in [0.29, 0.717) is 37.2 Å². The molecular formula is C30H36N6O5S. The van der Waals surface area contributed by atoms with E-state index in [1.807, 2.05) is 44.2 Å². The van der Waals surface area contributed by atoms with Gasteiger partial charge in [0.1, 0.15) is 22.8 Å². The fraction of sp³-hybridized carbons (Fsp3) is 0.400. The van der Waals surface area contributed by atoms with E-state index >= 15 is 0 Å². The number of nitrogens with zero attached hydrogens (tertiary/aromatic N) is 2. The molecule has 4 amide bonds. The van der Waals surface area contributed by atoms with Crippen molar-refractivity contribution in [2.24, 2.45) is 13.0 Å². The van der Waals surface area contributed by atoms with Gasteiger partial charge in [-0.1, -0.05) is 44.2 Å². The Morgan fingerprint density at radius 1 is 1.07 bits per heavy atom. The van der Waals surface area contributed by atoms with Crippen molar-refractivity contribution in [3.05, 3.63) is 86.2 Å². The first-order valence-corrected chi connectivity index (χ1v) is 14.9. The van der Waals surface area contributed by atoms with Crippen LogP contribution in [-0.4, -0.2) is 51.8 Å². The third-order valence-electron chi connectivity index (χ3n) is 7.10. The van der Waals surface area contributed by atoms with Crippen LogP contribution in [0.3, 0.4) is 0 Å². The zero-order valence-corrected chi connectivity index (χ0v) is 24.7. The standard InChI is InChI=1S/C30H36N6O5S/c1-18(2)25-30-34-23(17-42-30)29(41)33-22(15-19-9-5-4-6-10-19)27(39)31-13-8-7-11-21(28(40)35-25)32-26(38)20-12-14-36(3)24(37)16-20/h4-6,9-10,12,14,16-18,21-22,25H,7-8,11,13,15H2,1-3H3,(H,31,39)(H,32,38)(H,33,41)(H,35,40)/t21-,22+,25+/m0/s1. The van der Waals surface area contributed by atoms with Crippen molar-refractivity contribution in [1.29, 1.82) is 0 Å². The molecule has 0 radical (unpaired) electrons. The number of carbonyl (C=O) groups is 4. The van der Waals surface area contributed by atoms with Crippen molar-refractivity contribution in [3.63, 3.8) is 0 Å². The van der Waals surface area contributed by atoms with Crippen LogP contribution in [0.15, 0.2) is 58.8 Å². The van der Waals surface area contributed by atoms with Crippen LogP contribution in [0.4, 0.5) is 0 Å². The minimum atomic E-state index is -0.889. The highest BCUT2D eigenvalue weighted by molar-refractivity contribution is 7.09. The van der Waals surface area contributed by atoms with Crippen molar-refractivity contribution in [2.45, 2.75) is 57.7 Å². The number of rotatable bonds is 5. The summed E-state index contributed by atoms with van der Waals surface area (Å²) in [6.07, 6.45) is 3.20. The number of aryl methyl sites for hydroxylation is 1. The van der Waals surface area contributed by atoms with Gasteiger partial charge in [0.05, 0.1) is 6.04 Å². The lowest BCUT2D eigenvalue weighted by atomic mass is 10.0. The maximum Gasteiger partial charge on any atom is 0.271 e. The lowest BCUT2D eigenvalue weighted by Gasteiger charge is -2.25. The summed E-state index contributed by atoms with van der Waals surface area (Å²) in [4.78, 5) is 69.4. The number of pyridine rings is 1.